The lowest BCUT2D eigenvalue weighted by atomic mass is 10.2. The predicted molar refractivity (Wildman–Crippen MR) is 93.5 cm³/mol. The van der Waals surface area contributed by atoms with Crippen molar-refractivity contribution in [3.63, 3.8) is 0 Å². The SMILES string of the molecule is Cc1csc(NN=Cc2cc(OCCCC(=O)O)ccc2[N+](=O)[O-])n1. The van der Waals surface area contributed by atoms with Gasteiger partial charge in [-0.15, -0.1) is 11.3 Å². The second-order valence-corrected chi connectivity index (χ2v) is 5.85. The van der Waals surface area contributed by atoms with Crippen molar-refractivity contribution in [3.8, 4) is 5.75 Å². The first-order valence-electron chi connectivity index (χ1n) is 7.30. The third kappa shape index (κ3) is 5.84. The highest BCUT2D eigenvalue weighted by molar-refractivity contribution is 7.13. The molecular formula is C15H16N4O5S. The maximum Gasteiger partial charge on any atom is 0.303 e. The number of benzene rings is 1. The van der Waals surface area contributed by atoms with E-state index in [-0.39, 0.29) is 24.3 Å². The molecule has 0 aliphatic heterocycles. The van der Waals surface area contributed by atoms with Gasteiger partial charge < -0.3 is 9.84 Å². The maximum atomic E-state index is 11.1. The molecule has 0 atom stereocenters. The summed E-state index contributed by atoms with van der Waals surface area (Å²) in [6, 6.07) is 4.27. The first-order chi connectivity index (χ1) is 12.0. The van der Waals surface area contributed by atoms with Crippen LogP contribution in [-0.2, 0) is 4.79 Å². The van der Waals surface area contributed by atoms with Gasteiger partial charge in [0, 0.05) is 17.9 Å². The van der Waals surface area contributed by atoms with Crippen molar-refractivity contribution in [3.05, 3.63) is 45.0 Å². The van der Waals surface area contributed by atoms with Gasteiger partial charge in [-0.25, -0.2) is 4.98 Å². The normalized spacial score (nSPS) is 10.8. The Kier molecular flexibility index (Phi) is 6.40. The summed E-state index contributed by atoms with van der Waals surface area (Å²) >= 11 is 1.37. The molecule has 0 saturated heterocycles. The van der Waals surface area contributed by atoms with E-state index < -0.39 is 10.9 Å². The molecule has 0 amide bonds. The van der Waals surface area contributed by atoms with Crippen molar-refractivity contribution >= 4 is 34.3 Å². The first kappa shape index (κ1) is 18.3. The van der Waals surface area contributed by atoms with Crippen molar-refractivity contribution < 1.29 is 19.6 Å². The molecule has 0 aliphatic carbocycles. The van der Waals surface area contributed by atoms with E-state index in [4.69, 9.17) is 9.84 Å². The summed E-state index contributed by atoms with van der Waals surface area (Å²) in [7, 11) is 0. The van der Waals surface area contributed by atoms with Gasteiger partial charge in [0.05, 0.1) is 29.0 Å². The molecule has 1 aromatic carbocycles. The van der Waals surface area contributed by atoms with Crippen LogP contribution < -0.4 is 10.2 Å². The number of nitro benzene ring substituents is 1. The number of nitrogens with one attached hydrogen (secondary N) is 1. The van der Waals surface area contributed by atoms with Crippen LogP contribution in [0.2, 0.25) is 0 Å². The second kappa shape index (κ2) is 8.73. The Hall–Kier alpha value is -3.01. The summed E-state index contributed by atoms with van der Waals surface area (Å²) < 4.78 is 5.42. The molecule has 0 aliphatic rings. The van der Waals surface area contributed by atoms with E-state index in [2.05, 4.69) is 15.5 Å². The average molecular weight is 364 g/mol. The summed E-state index contributed by atoms with van der Waals surface area (Å²) in [5.41, 5.74) is 3.72. The number of nitrogens with zero attached hydrogens (tertiary/aromatic N) is 3. The number of rotatable bonds is 9. The third-order valence-electron chi connectivity index (χ3n) is 2.98. The van der Waals surface area contributed by atoms with Gasteiger partial charge in [-0.05, 0) is 25.5 Å². The highest BCUT2D eigenvalue weighted by Crippen LogP contribution is 2.23. The molecule has 132 valence electrons. The van der Waals surface area contributed by atoms with E-state index in [0.717, 1.165) is 5.69 Å². The molecule has 0 fully saturated rings. The van der Waals surface area contributed by atoms with Crippen LogP contribution in [0, 0.1) is 17.0 Å². The Morgan fingerprint density at radius 2 is 2.36 bits per heavy atom. The van der Waals surface area contributed by atoms with E-state index in [1.165, 1.54) is 35.8 Å². The number of aromatic nitrogens is 1. The Morgan fingerprint density at radius 1 is 1.56 bits per heavy atom. The van der Waals surface area contributed by atoms with Crippen LogP contribution in [0.5, 0.6) is 5.75 Å². The fraction of sp³-hybridized carbons (Fsp3) is 0.267. The molecule has 0 spiro atoms. The van der Waals surface area contributed by atoms with Gasteiger partial charge in [-0.3, -0.25) is 20.3 Å². The van der Waals surface area contributed by atoms with Gasteiger partial charge in [0.1, 0.15) is 5.75 Å². The molecule has 0 bridgehead atoms. The van der Waals surface area contributed by atoms with Gasteiger partial charge in [0.25, 0.3) is 5.69 Å². The van der Waals surface area contributed by atoms with Gasteiger partial charge in [0.2, 0.25) is 5.13 Å². The van der Waals surface area contributed by atoms with Crippen LogP contribution in [0.15, 0.2) is 28.7 Å². The first-order valence-corrected chi connectivity index (χ1v) is 8.18. The van der Waals surface area contributed by atoms with Gasteiger partial charge in [0.15, 0.2) is 0 Å². The number of anilines is 1. The van der Waals surface area contributed by atoms with Crippen molar-refractivity contribution in [1.29, 1.82) is 0 Å². The van der Waals surface area contributed by atoms with Crippen LogP contribution in [0.1, 0.15) is 24.1 Å². The summed E-state index contributed by atoms with van der Waals surface area (Å²) in [5, 5.41) is 26.1. The fourth-order valence-corrected chi connectivity index (χ4v) is 2.50. The topological polar surface area (TPSA) is 127 Å². The van der Waals surface area contributed by atoms with E-state index in [0.29, 0.717) is 17.3 Å². The molecule has 0 saturated carbocycles. The minimum atomic E-state index is -0.899. The quantitative estimate of drug-likeness (QED) is 0.303. The summed E-state index contributed by atoms with van der Waals surface area (Å²) in [6.45, 7) is 2.05. The number of aliphatic carboxylic acids is 1. The van der Waals surface area contributed by atoms with Gasteiger partial charge in [-0.1, -0.05) is 0 Å². The van der Waals surface area contributed by atoms with E-state index >= 15 is 0 Å². The minimum absolute atomic E-state index is 0.00154. The molecule has 1 heterocycles. The molecule has 9 nitrogen and oxygen atoms in total. The number of carbonyl (C=O) groups is 1. The molecular weight excluding hydrogens is 348 g/mol. The monoisotopic (exact) mass is 364 g/mol. The number of carboxylic acids is 1. The molecule has 2 aromatic rings. The standard InChI is InChI=1S/C15H16N4O5S/c1-10-9-25-15(17-10)18-16-8-11-7-12(4-5-13(11)19(22)23)24-6-2-3-14(20)21/h4-5,7-9H,2-3,6H2,1H3,(H,17,18)(H,20,21). The number of ether oxygens (including phenoxy) is 1. The number of hydrazone groups is 1. The Bertz CT molecular complexity index is 790. The molecule has 10 heteroatoms. The van der Waals surface area contributed by atoms with Crippen LogP contribution in [0.4, 0.5) is 10.8 Å². The summed E-state index contributed by atoms with van der Waals surface area (Å²) in [5.74, 6) is -0.494. The zero-order chi connectivity index (χ0) is 18.2. The average Bonchev–Trinajstić information content (AvgIpc) is 2.97. The minimum Gasteiger partial charge on any atom is -0.494 e. The van der Waals surface area contributed by atoms with Crippen molar-refractivity contribution in [1.82, 2.24) is 4.98 Å². The largest absolute Gasteiger partial charge is 0.494 e. The maximum absolute atomic E-state index is 11.1. The molecule has 25 heavy (non-hydrogen) atoms. The van der Waals surface area contributed by atoms with Crippen molar-refractivity contribution in [2.24, 2.45) is 5.10 Å². The van der Waals surface area contributed by atoms with Crippen molar-refractivity contribution in [2.75, 3.05) is 12.0 Å². The Labute approximate surface area is 147 Å². The summed E-state index contributed by atoms with van der Waals surface area (Å²) in [4.78, 5) is 25.2. The number of carboxylic acid groups (broad SMARTS) is 1. The van der Waals surface area contributed by atoms with Crippen LogP contribution in [0.25, 0.3) is 0 Å². The number of thiazole rings is 1. The molecule has 2 N–H and O–H groups in total. The van der Waals surface area contributed by atoms with Crippen LogP contribution in [0.3, 0.4) is 0 Å². The lowest BCUT2D eigenvalue weighted by molar-refractivity contribution is -0.385. The predicted octanol–water partition coefficient (Wildman–Crippen LogP) is 3.05. The second-order valence-electron chi connectivity index (χ2n) is 4.99. The molecule has 2 rings (SSSR count). The molecule has 0 radical (unpaired) electrons. The smallest absolute Gasteiger partial charge is 0.303 e. The molecule has 0 unspecified atom stereocenters. The third-order valence-corrected chi connectivity index (χ3v) is 3.85. The lowest BCUT2D eigenvalue weighted by Crippen LogP contribution is -2.03. The van der Waals surface area contributed by atoms with E-state index in [1.54, 1.807) is 0 Å². The summed E-state index contributed by atoms with van der Waals surface area (Å²) in [6.07, 6.45) is 1.66. The highest BCUT2D eigenvalue weighted by atomic mass is 32.1. The Balaban J connectivity index is 2.06. The van der Waals surface area contributed by atoms with Crippen molar-refractivity contribution in [2.45, 2.75) is 19.8 Å². The number of nitro groups is 1. The van der Waals surface area contributed by atoms with Gasteiger partial charge in [-0.2, -0.15) is 5.10 Å². The fourth-order valence-electron chi connectivity index (χ4n) is 1.87. The van der Waals surface area contributed by atoms with Crippen LogP contribution in [-0.4, -0.2) is 33.8 Å². The van der Waals surface area contributed by atoms with E-state index in [9.17, 15) is 14.9 Å². The highest BCUT2D eigenvalue weighted by Gasteiger charge is 2.13. The van der Waals surface area contributed by atoms with Gasteiger partial charge >= 0.3 is 5.97 Å². The lowest BCUT2D eigenvalue weighted by Gasteiger charge is -2.06. The molecule has 1 aromatic heterocycles. The number of aryl methyl sites for hydroxylation is 1. The van der Waals surface area contributed by atoms with E-state index in [1.807, 2.05) is 12.3 Å². The Morgan fingerprint density at radius 3 is 3.00 bits per heavy atom. The number of hydrogen-bond donors (Lipinski definition) is 2. The zero-order valence-corrected chi connectivity index (χ0v) is 14.2. The van der Waals surface area contributed by atoms with Crippen LogP contribution >= 0.6 is 11.3 Å². The number of hydrogen-bond acceptors (Lipinski definition) is 8. The zero-order valence-electron chi connectivity index (χ0n) is 13.3.